The number of rotatable bonds is 3. The minimum atomic E-state index is -1.13. The Morgan fingerprint density at radius 2 is 1.43 bits per heavy atom. The molecule has 0 spiro atoms. The van der Waals surface area contributed by atoms with Gasteiger partial charge in [0.05, 0.1) is 20.9 Å². The fourth-order valence-corrected chi connectivity index (χ4v) is 1.95. The van der Waals surface area contributed by atoms with E-state index in [-0.39, 0.29) is 16.5 Å². The van der Waals surface area contributed by atoms with Crippen molar-refractivity contribution in [2.75, 3.05) is 0 Å². The van der Waals surface area contributed by atoms with Gasteiger partial charge in [0, 0.05) is 0 Å². The zero-order valence-corrected chi connectivity index (χ0v) is 14.6. The Morgan fingerprint density at radius 3 is 1.87 bits per heavy atom. The Morgan fingerprint density at radius 1 is 0.913 bits per heavy atom. The Kier molecular flexibility index (Phi) is 7.31. The Hall–Kier alpha value is -1.80. The summed E-state index contributed by atoms with van der Waals surface area (Å²) in [5, 5.41) is 16.8. The van der Waals surface area contributed by atoms with E-state index in [1.165, 1.54) is 24.3 Å². The van der Waals surface area contributed by atoms with E-state index in [2.05, 4.69) is 31.9 Å². The largest absolute Gasteiger partial charge is 0.481 e. The Labute approximate surface area is 147 Å². The van der Waals surface area contributed by atoms with Gasteiger partial charge in [-0.1, -0.05) is 6.07 Å². The molecule has 2 rings (SSSR count). The van der Waals surface area contributed by atoms with Crippen molar-refractivity contribution in [3.05, 3.63) is 68.1 Å². The van der Waals surface area contributed by atoms with E-state index in [9.17, 15) is 18.4 Å². The van der Waals surface area contributed by atoms with Crippen LogP contribution in [-0.2, 0) is 11.2 Å². The molecule has 0 aliphatic carbocycles. The molecule has 0 unspecified atom stereocenters. The predicted molar refractivity (Wildman–Crippen MR) is 86.5 cm³/mol. The lowest BCUT2D eigenvalue weighted by molar-refractivity contribution is -0.136. The average molecular weight is 452 g/mol. The lowest BCUT2D eigenvalue weighted by atomic mass is 10.1. The van der Waals surface area contributed by atoms with E-state index in [0.29, 0.717) is 10.0 Å². The molecule has 0 amide bonds. The minimum absolute atomic E-state index is 0.0503. The standard InChI is InChI=1S/C8H6BrFO2.C7H4BrFO2/c9-6-2-1-5(3-7(6)10)4-8(11)12;8-5-2-1-4(7(10)11)3-6(5)9/h1-3H,4H2,(H,11,12);1-3H,(H,10,11). The maximum atomic E-state index is 12.8. The van der Waals surface area contributed by atoms with Gasteiger partial charge in [-0.15, -0.1) is 0 Å². The van der Waals surface area contributed by atoms with Crippen molar-refractivity contribution in [3.8, 4) is 0 Å². The monoisotopic (exact) mass is 450 g/mol. The zero-order chi connectivity index (χ0) is 17.6. The first-order chi connectivity index (χ1) is 10.7. The molecule has 8 heteroatoms. The summed E-state index contributed by atoms with van der Waals surface area (Å²) in [5.41, 5.74) is 0.411. The molecule has 4 nitrogen and oxygen atoms in total. The van der Waals surface area contributed by atoms with Crippen molar-refractivity contribution in [1.82, 2.24) is 0 Å². The number of benzene rings is 2. The number of carboxylic acid groups (broad SMARTS) is 2. The van der Waals surface area contributed by atoms with Crippen molar-refractivity contribution >= 4 is 43.8 Å². The molecule has 2 N–H and O–H groups in total. The van der Waals surface area contributed by atoms with E-state index in [0.717, 1.165) is 6.07 Å². The van der Waals surface area contributed by atoms with Crippen LogP contribution < -0.4 is 0 Å². The third-order valence-corrected chi connectivity index (χ3v) is 3.79. The average Bonchev–Trinajstić information content (AvgIpc) is 2.46. The van der Waals surface area contributed by atoms with E-state index in [1.54, 1.807) is 6.07 Å². The highest BCUT2D eigenvalue weighted by Gasteiger charge is 2.05. The molecule has 0 atom stereocenters. The van der Waals surface area contributed by atoms with E-state index in [4.69, 9.17) is 10.2 Å². The lowest BCUT2D eigenvalue weighted by Crippen LogP contribution is -2.00. The summed E-state index contributed by atoms with van der Waals surface area (Å²) < 4.78 is 26.0. The number of carbonyl (C=O) groups is 2. The third-order valence-electron chi connectivity index (χ3n) is 2.51. The molecule has 0 heterocycles. The highest BCUT2D eigenvalue weighted by molar-refractivity contribution is 9.10. The van der Waals surface area contributed by atoms with Crippen LogP contribution >= 0.6 is 31.9 Å². The van der Waals surface area contributed by atoms with Gasteiger partial charge in [0.1, 0.15) is 11.6 Å². The molecule has 0 aliphatic rings. The second kappa shape index (κ2) is 8.73. The number of aromatic carboxylic acids is 1. The second-order valence-corrected chi connectivity index (χ2v) is 5.96. The molecule has 0 radical (unpaired) electrons. The van der Waals surface area contributed by atoms with Gasteiger partial charge in [-0.2, -0.15) is 0 Å². The zero-order valence-electron chi connectivity index (χ0n) is 11.4. The molecule has 0 saturated carbocycles. The maximum absolute atomic E-state index is 12.8. The van der Waals surface area contributed by atoms with E-state index < -0.39 is 23.6 Å². The minimum Gasteiger partial charge on any atom is -0.481 e. The SMILES string of the molecule is O=C(O)Cc1ccc(Br)c(F)c1.O=C(O)c1ccc(Br)c(F)c1. The highest BCUT2D eigenvalue weighted by Crippen LogP contribution is 2.17. The molecule has 2 aromatic carbocycles. The topological polar surface area (TPSA) is 74.6 Å². The first-order valence-electron chi connectivity index (χ1n) is 6.04. The quantitative estimate of drug-likeness (QED) is 0.720. The van der Waals surface area contributed by atoms with Gasteiger partial charge in [-0.3, -0.25) is 4.79 Å². The van der Waals surface area contributed by atoms with Gasteiger partial charge < -0.3 is 10.2 Å². The summed E-state index contributed by atoms with van der Waals surface area (Å²) in [6, 6.07) is 7.92. The van der Waals surface area contributed by atoms with Crippen LogP contribution in [0.1, 0.15) is 15.9 Å². The molecule has 0 saturated heterocycles. The second-order valence-electron chi connectivity index (χ2n) is 4.25. The van der Waals surface area contributed by atoms with Crippen LogP contribution in [0.2, 0.25) is 0 Å². The summed E-state index contributed by atoms with van der Waals surface area (Å²) in [6.45, 7) is 0. The van der Waals surface area contributed by atoms with Gasteiger partial charge >= 0.3 is 11.9 Å². The van der Waals surface area contributed by atoms with Crippen LogP contribution in [0.5, 0.6) is 0 Å². The number of halogens is 4. The van der Waals surface area contributed by atoms with Crippen LogP contribution in [0.3, 0.4) is 0 Å². The maximum Gasteiger partial charge on any atom is 0.335 e. The van der Waals surface area contributed by atoms with Crippen molar-refractivity contribution < 1.29 is 28.6 Å². The van der Waals surface area contributed by atoms with Crippen LogP contribution in [-0.4, -0.2) is 22.2 Å². The first kappa shape index (κ1) is 19.2. The summed E-state index contributed by atoms with van der Waals surface area (Å²) in [5.74, 6) is -3.09. The van der Waals surface area contributed by atoms with Crippen LogP contribution in [0, 0.1) is 11.6 Å². The molecule has 2 aromatic rings. The van der Waals surface area contributed by atoms with E-state index in [1.807, 2.05) is 0 Å². The smallest absolute Gasteiger partial charge is 0.335 e. The van der Waals surface area contributed by atoms with Crippen LogP contribution in [0.4, 0.5) is 8.78 Å². The van der Waals surface area contributed by atoms with Crippen LogP contribution in [0.25, 0.3) is 0 Å². The van der Waals surface area contributed by atoms with E-state index >= 15 is 0 Å². The molecule has 0 aliphatic heterocycles. The number of hydrogen-bond donors (Lipinski definition) is 2. The summed E-state index contributed by atoms with van der Waals surface area (Å²) >= 11 is 5.88. The summed E-state index contributed by atoms with van der Waals surface area (Å²) in [6.07, 6.45) is -0.149. The molecule has 0 aromatic heterocycles. The first-order valence-corrected chi connectivity index (χ1v) is 7.63. The van der Waals surface area contributed by atoms with Gasteiger partial charge in [-0.05, 0) is 67.8 Å². The fourth-order valence-electron chi connectivity index (χ4n) is 1.45. The Bertz CT molecular complexity index is 735. The summed E-state index contributed by atoms with van der Waals surface area (Å²) in [4.78, 5) is 20.5. The summed E-state index contributed by atoms with van der Waals surface area (Å²) in [7, 11) is 0. The van der Waals surface area contributed by atoms with Crippen molar-refractivity contribution in [2.45, 2.75) is 6.42 Å². The normalized spacial score (nSPS) is 9.74. The van der Waals surface area contributed by atoms with Crippen LogP contribution in [0.15, 0.2) is 45.3 Å². The van der Waals surface area contributed by atoms with Crippen molar-refractivity contribution in [1.29, 1.82) is 0 Å². The van der Waals surface area contributed by atoms with Crippen molar-refractivity contribution in [2.24, 2.45) is 0 Å². The van der Waals surface area contributed by atoms with Gasteiger partial charge in [0.2, 0.25) is 0 Å². The Balaban J connectivity index is 0.000000231. The molecule has 0 bridgehead atoms. The highest BCUT2D eigenvalue weighted by atomic mass is 79.9. The van der Waals surface area contributed by atoms with Gasteiger partial charge in [0.25, 0.3) is 0 Å². The number of aliphatic carboxylic acids is 1. The lowest BCUT2D eigenvalue weighted by Gasteiger charge is -1.98. The molecule has 23 heavy (non-hydrogen) atoms. The molecule has 0 fully saturated rings. The molecular weight excluding hydrogens is 442 g/mol. The predicted octanol–water partition coefficient (Wildman–Crippen LogP) is 4.50. The number of hydrogen-bond acceptors (Lipinski definition) is 2. The van der Waals surface area contributed by atoms with Gasteiger partial charge in [0.15, 0.2) is 0 Å². The number of carboxylic acids is 2. The molecular formula is C15H10Br2F2O4. The fraction of sp³-hybridized carbons (Fsp3) is 0.0667. The van der Waals surface area contributed by atoms with Crippen molar-refractivity contribution in [3.63, 3.8) is 0 Å². The third kappa shape index (κ3) is 6.45. The molecule has 122 valence electrons. The van der Waals surface area contributed by atoms with Gasteiger partial charge in [-0.25, -0.2) is 13.6 Å².